The maximum Gasteiger partial charge on any atom is 0.223 e. The van der Waals surface area contributed by atoms with Gasteiger partial charge < -0.3 is 5.32 Å². The largest absolute Gasteiger partial charge is 0.336 e. The van der Waals surface area contributed by atoms with E-state index in [0.717, 1.165) is 10.0 Å². The Morgan fingerprint density at radius 2 is 2.19 bits per heavy atom. The van der Waals surface area contributed by atoms with Crippen molar-refractivity contribution in [3.05, 3.63) is 34.3 Å². The molecule has 84 valence electrons. The van der Waals surface area contributed by atoms with Gasteiger partial charge in [0, 0.05) is 10.4 Å². The number of amides is 1. The average molecular weight is 281 g/mol. The quantitative estimate of drug-likeness (QED) is 0.926. The zero-order valence-electron chi connectivity index (χ0n) is 9.20. The number of nitrogens with zero attached hydrogens (tertiary/aromatic N) is 1. The van der Waals surface area contributed by atoms with Crippen LogP contribution in [0.3, 0.4) is 0 Å². The van der Waals surface area contributed by atoms with Crippen LogP contribution in [-0.2, 0) is 4.79 Å². The van der Waals surface area contributed by atoms with Crippen LogP contribution in [0.4, 0.5) is 0 Å². The fraction of sp³-hybridized carbons (Fsp3) is 0.333. The van der Waals surface area contributed by atoms with Gasteiger partial charge in [-0.1, -0.05) is 41.9 Å². The Balaban J connectivity index is 2.84. The number of nitrogens with one attached hydrogen (secondary N) is 1. The van der Waals surface area contributed by atoms with E-state index in [1.54, 1.807) is 13.8 Å². The maximum atomic E-state index is 11.5. The number of hydrogen-bond donors (Lipinski definition) is 1. The second-order valence-corrected chi connectivity index (χ2v) is 4.70. The summed E-state index contributed by atoms with van der Waals surface area (Å²) in [7, 11) is 0. The molecule has 1 rings (SSSR count). The summed E-state index contributed by atoms with van der Waals surface area (Å²) in [5, 5.41) is 11.7. The molecule has 1 N–H and O–H groups in total. The summed E-state index contributed by atoms with van der Waals surface area (Å²) >= 11 is 3.33. The molecule has 1 aromatic carbocycles. The average Bonchev–Trinajstić information content (AvgIpc) is 2.25. The van der Waals surface area contributed by atoms with Crippen molar-refractivity contribution < 1.29 is 4.79 Å². The molecule has 16 heavy (non-hydrogen) atoms. The van der Waals surface area contributed by atoms with E-state index in [0.29, 0.717) is 0 Å². The Labute approximate surface area is 104 Å². The van der Waals surface area contributed by atoms with E-state index < -0.39 is 6.04 Å². The molecule has 0 unspecified atom stereocenters. The molecule has 0 bridgehead atoms. The first kappa shape index (κ1) is 12.7. The van der Waals surface area contributed by atoms with Crippen molar-refractivity contribution in [3.63, 3.8) is 0 Å². The lowest BCUT2D eigenvalue weighted by Crippen LogP contribution is -2.31. The summed E-state index contributed by atoms with van der Waals surface area (Å²) in [5.41, 5.74) is 0.783. The van der Waals surface area contributed by atoms with Crippen LogP contribution in [0.15, 0.2) is 28.7 Å². The number of carbonyl (C=O) groups is 1. The van der Waals surface area contributed by atoms with E-state index in [4.69, 9.17) is 5.26 Å². The van der Waals surface area contributed by atoms with Crippen molar-refractivity contribution in [2.45, 2.75) is 19.9 Å². The Kier molecular flexibility index (Phi) is 4.51. The molecule has 0 saturated carbocycles. The van der Waals surface area contributed by atoms with E-state index in [1.165, 1.54) is 0 Å². The Morgan fingerprint density at radius 1 is 1.50 bits per heavy atom. The summed E-state index contributed by atoms with van der Waals surface area (Å²) in [6.45, 7) is 3.59. The molecule has 0 aliphatic heterocycles. The molecule has 1 atom stereocenters. The number of halogens is 1. The molecule has 0 aliphatic carbocycles. The van der Waals surface area contributed by atoms with Gasteiger partial charge in [-0.15, -0.1) is 0 Å². The standard InChI is InChI=1S/C12H13BrN2O/c1-8(2)12(16)15-11(7-14)9-4-3-5-10(13)6-9/h3-6,8,11H,1-2H3,(H,15,16)/t11-/m1/s1. The smallest absolute Gasteiger partial charge is 0.223 e. The molecule has 0 aliphatic rings. The molecular weight excluding hydrogens is 268 g/mol. The number of carbonyl (C=O) groups excluding carboxylic acids is 1. The van der Waals surface area contributed by atoms with Gasteiger partial charge in [-0.25, -0.2) is 0 Å². The van der Waals surface area contributed by atoms with Crippen LogP contribution >= 0.6 is 15.9 Å². The molecule has 0 spiro atoms. The van der Waals surface area contributed by atoms with Gasteiger partial charge in [-0.05, 0) is 17.7 Å². The number of benzene rings is 1. The highest BCUT2D eigenvalue weighted by Crippen LogP contribution is 2.18. The van der Waals surface area contributed by atoms with Crippen LogP contribution in [0.2, 0.25) is 0 Å². The summed E-state index contributed by atoms with van der Waals surface area (Å²) < 4.78 is 0.893. The Bertz CT molecular complexity index is 423. The SMILES string of the molecule is CC(C)C(=O)N[C@H](C#N)c1cccc(Br)c1. The van der Waals surface area contributed by atoms with Crippen molar-refractivity contribution in [2.75, 3.05) is 0 Å². The van der Waals surface area contributed by atoms with Crippen LogP contribution in [0.25, 0.3) is 0 Å². The molecule has 0 fully saturated rings. The minimum absolute atomic E-state index is 0.119. The van der Waals surface area contributed by atoms with Crippen molar-refractivity contribution in [1.29, 1.82) is 5.26 Å². The fourth-order valence-corrected chi connectivity index (χ4v) is 1.60. The van der Waals surface area contributed by atoms with Crippen LogP contribution in [0.1, 0.15) is 25.5 Å². The lowest BCUT2D eigenvalue weighted by molar-refractivity contribution is -0.124. The molecule has 0 saturated heterocycles. The lowest BCUT2D eigenvalue weighted by atomic mass is 10.1. The Morgan fingerprint density at radius 3 is 2.69 bits per heavy atom. The molecule has 4 heteroatoms. The first-order valence-corrected chi connectivity index (χ1v) is 5.79. The van der Waals surface area contributed by atoms with E-state index >= 15 is 0 Å². The van der Waals surface area contributed by atoms with Gasteiger partial charge in [0.25, 0.3) is 0 Å². The molecule has 1 amide bonds. The third-order valence-corrected chi connectivity index (χ3v) is 2.62. The third kappa shape index (κ3) is 3.35. The van der Waals surface area contributed by atoms with Gasteiger partial charge in [-0.2, -0.15) is 5.26 Å². The van der Waals surface area contributed by atoms with Crippen molar-refractivity contribution in [2.24, 2.45) is 5.92 Å². The van der Waals surface area contributed by atoms with Crippen LogP contribution in [0, 0.1) is 17.2 Å². The topological polar surface area (TPSA) is 52.9 Å². The first-order chi connectivity index (χ1) is 7.54. The molecule has 0 aromatic heterocycles. The van der Waals surface area contributed by atoms with E-state index in [1.807, 2.05) is 24.3 Å². The van der Waals surface area contributed by atoms with Crippen LogP contribution < -0.4 is 5.32 Å². The molecule has 0 heterocycles. The van der Waals surface area contributed by atoms with Crippen molar-refractivity contribution >= 4 is 21.8 Å². The highest BCUT2D eigenvalue weighted by atomic mass is 79.9. The fourth-order valence-electron chi connectivity index (χ4n) is 1.19. The molecular formula is C12H13BrN2O. The van der Waals surface area contributed by atoms with Crippen LogP contribution in [0.5, 0.6) is 0 Å². The summed E-state index contributed by atoms with van der Waals surface area (Å²) in [6, 6.07) is 8.85. The normalized spacial score (nSPS) is 11.9. The van der Waals surface area contributed by atoms with Gasteiger partial charge in [0.05, 0.1) is 6.07 Å². The van der Waals surface area contributed by atoms with E-state index in [2.05, 4.69) is 27.3 Å². The van der Waals surface area contributed by atoms with Crippen molar-refractivity contribution in [1.82, 2.24) is 5.32 Å². The zero-order valence-corrected chi connectivity index (χ0v) is 10.8. The van der Waals surface area contributed by atoms with Gasteiger partial charge in [0.15, 0.2) is 0 Å². The number of nitriles is 1. The second-order valence-electron chi connectivity index (χ2n) is 3.78. The summed E-state index contributed by atoms with van der Waals surface area (Å²) in [4.78, 5) is 11.5. The number of rotatable bonds is 3. The van der Waals surface area contributed by atoms with Gasteiger partial charge in [0.2, 0.25) is 5.91 Å². The first-order valence-electron chi connectivity index (χ1n) is 5.00. The predicted molar refractivity (Wildman–Crippen MR) is 65.5 cm³/mol. The maximum absolute atomic E-state index is 11.5. The van der Waals surface area contributed by atoms with Gasteiger partial charge in [-0.3, -0.25) is 4.79 Å². The third-order valence-electron chi connectivity index (χ3n) is 2.12. The van der Waals surface area contributed by atoms with Gasteiger partial charge in [0.1, 0.15) is 6.04 Å². The van der Waals surface area contributed by atoms with E-state index in [-0.39, 0.29) is 11.8 Å². The van der Waals surface area contributed by atoms with E-state index in [9.17, 15) is 4.79 Å². The molecule has 3 nitrogen and oxygen atoms in total. The molecule has 0 radical (unpaired) electrons. The minimum Gasteiger partial charge on any atom is -0.336 e. The number of hydrogen-bond acceptors (Lipinski definition) is 2. The zero-order chi connectivity index (χ0) is 12.1. The van der Waals surface area contributed by atoms with Gasteiger partial charge >= 0.3 is 0 Å². The minimum atomic E-state index is -0.590. The van der Waals surface area contributed by atoms with Crippen LogP contribution in [-0.4, -0.2) is 5.91 Å². The summed E-state index contributed by atoms with van der Waals surface area (Å²) in [5.74, 6) is -0.241. The molecule has 1 aromatic rings. The highest BCUT2D eigenvalue weighted by Gasteiger charge is 2.15. The highest BCUT2D eigenvalue weighted by molar-refractivity contribution is 9.10. The van der Waals surface area contributed by atoms with Crippen molar-refractivity contribution in [3.8, 4) is 6.07 Å². The Hall–Kier alpha value is -1.34. The summed E-state index contributed by atoms with van der Waals surface area (Å²) in [6.07, 6.45) is 0. The second kappa shape index (κ2) is 5.66. The lowest BCUT2D eigenvalue weighted by Gasteiger charge is -2.13. The predicted octanol–water partition coefficient (Wildman–Crippen LogP) is 2.79. The monoisotopic (exact) mass is 280 g/mol.